The third-order valence-corrected chi connectivity index (χ3v) is 36.7. The molecule has 163 valence electrons. The number of allylic oxidation sites excluding steroid dienone is 4. The minimum atomic E-state index is -5.23. The van der Waals surface area contributed by atoms with E-state index in [1.807, 2.05) is 0 Å². The van der Waals surface area contributed by atoms with Gasteiger partial charge in [-0.1, -0.05) is 0 Å². The molecule has 0 nitrogen and oxygen atoms in total. The molecule has 0 bridgehead atoms. The molecule has 0 N–H and O–H groups in total. The van der Waals surface area contributed by atoms with E-state index in [1.54, 1.807) is 0 Å². The molecule has 0 amide bonds. The fourth-order valence-electron chi connectivity index (χ4n) is 6.06. The summed E-state index contributed by atoms with van der Waals surface area (Å²) in [7, 11) is 0.636. The Morgan fingerprint density at radius 2 is 1.09 bits per heavy atom. The molecule has 32 heavy (non-hydrogen) atoms. The first-order chi connectivity index (χ1) is 14.7. The van der Waals surface area contributed by atoms with Gasteiger partial charge in [0.25, 0.3) is 0 Å². The molecule has 1 aliphatic rings. The molecule has 5 rings (SSSR count). The van der Waals surface area contributed by atoms with Gasteiger partial charge in [0, 0.05) is 0 Å². The molecule has 0 aliphatic heterocycles. The van der Waals surface area contributed by atoms with E-state index in [-0.39, 0.29) is 24.8 Å². The van der Waals surface area contributed by atoms with Crippen molar-refractivity contribution in [2.24, 2.45) is 0 Å². The van der Waals surface area contributed by atoms with Crippen molar-refractivity contribution in [1.82, 2.24) is 0 Å². The minimum absolute atomic E-state index is 0. The van der Waals surface area contributed by atoms with Crippen LogP contribution in [0, 0.1) is 0 Å². The summed E-state index contributed by atoms with van der Waals surface area (Å²) < 4.78 is 12.7. The van der Waals surface area contributed by atoms with Gasteiger partial charge in [-0.15, -0.1) is 24.8 Å². The Balaban J connectivity index is 0.00000144. The molecule has 3 aromatic carbocycles. The van der Waals surface area contributed by atoms with Crippen molar-refractivity contribution in [3.8, 4) is 0 Å². The molecule has 1 aromatic heterocycles. The maximum absolute atomic E-state index is 5.60. The molecule has 0 saturated carbocycles. The van der Waals surface area contributed by atoms with E-state index in [9.17, 15) is 0 Å². The topological polar surface area (TPSA) is 0 Å². The summed E-state index contributed by atoms with van der Waals surface area (Å²) in [4.78, 5) is 0. The number of halogens is 2. The van der Waals surface area contributed by atoms with Crippen molar-refractivity contribution in [3.05, 3.63) is 130 Å². The molecule has 1 unspecified atom stereocenters. The van der Waals surface area contributed by atoms with Gasteiger partial charge in [0.1, 0.15) is 0 Å². The quantitative estimate of drug-likeness (QED) is 0.297. The van der Waals surface area contributed by atoms with Crippen LogP contribution < -0.4 is 12.8 Å². The first-order valence-electron chi connectivity index (χ1n) is 10.5. The maximum atomic E-state index is 5.60. The second-order valence-corrected chi connectivity index (χ2v) is 28.7. The molecular formula is C28H28Cl2PZr. The van der Waals surface area contributed by atoms with E-state index in [1.165, 1.54) is 16.1 Å². The molecule has 4 heteroatoms. The molecule has 1 atom stereocenters. The second-order valence-electron chi connectivity index (χ2n) is 8.64. The van der Waals surface area contributed by atoms with E-state index in [0.717, 1.165) is 6.42 Å². The molecule has 4 aromatic rings. The van der Waals surface area contributed by atoms with Crippen molar-refractivity contribution in [1.29, 1.82) is 0 Å². The standard InChI is InChI=1S/3C6H5.C5H5.C4H4P.CH2.2ClH.Zr/c3*1-2-4-6-5-3-1;2*1-2-4-5-3-1;;;;/h3*1-5H;1-3H,4H2;1-3,5H;1H2;2*1H;. The summed E-state index contributed by atoms with van der Waals surface area (Å²) in [6, 6.07) is 38.2. The third kappa shape index (κ3) is 2.82. The summed E-state index contributed by atoms with van der Waals surface area (Å²) >= 11 is -5.23. The SMILES string of the molecule is Cl.Cl.[CH2]=[Zr]([C]1=CC=CC1)([c]1ccccc1)([c]1ccccc1)([c]1ccccc1)[c]1ccc[pH]1. The molecule has 0 radical (unpaired) electrons. The predicted octanol–water partition coefficient (Wildman–Crippen LogP) is 5.66. The Bertz CT molecular complexity index is 1230. The van der Waals surface area contributed by atoms with Gasteiger partial charge in [0.2, 0.25) is 0 Å². The van der Waals surface area contributed by atoms with Gasteiger partial charge < -0.3 is 0 Å². The summed E-state index contributed by atoms with van der Waals surface area (Å²) in [6.45, 7) is 0. The average Bonchev–Trinajstić information content (AvgIpc) is 3.57. The number of hydrogen-bond acceptors (Lipinski definition) is 0. The van der Waals surface area contributed by atoms with Crippen molar-refractivity contribution >= 4 is 50.0 Å². The normalized spacial score (nSPS) is 15.2. The van der Waals surface area contributed by atoms with Gasteiger partial charge >= 0.3 is 179 Å². The first kappa shape index (κ1) is 24.9. The average molecular weight is 558 g/mol. The van der Waals surface area contributed by atoms with Gasteiger partial charge in [-0.05, 0) is 0 Å². The number of rotatable bonds is 5. The molecular weight excluding hydrogens is 529 g/mol. The van der Waals surface area contributed by atoms with Gasteiger partial charge in [-0.25, -0.2) is 0 Å². The Morgan fingerprint density at radius 3 is 1.44 bits per heavy atom. The zero-order chi connectivity index (χ0) is 20.6. The van der Waals surface area contributed by atoms with Crippen LogP contribution in [0.25, 0.3) is 0 Å². The van der Waals surface area contributed by atoms with Gasteiger partial charge in [0.15, 0.2) is 0 Å². The summed E-state index contributed by atoms with van der Waals surface area (Å²) in [5.41, 5.74) is 0. The molecule has 1 aliphatic carbocycles. The second kappa shape index (κ2) is 8.89. The van der Waals surface area contributed by atoms with Crippen molar-refractivity contribution in [2.45, 2.75) is 6.42 Å². The molecule has 0 spiro atoms. The van der Waals surface area contributed by atoms with Crippen LogP contribution in [0.5, 0.6) is 0 Å². The van der Waals surface area contributed by atoms with Crippen LogP contribution in [-0.2, 0) is 16.8 Å². The van der Waals surface area contributed by atoms with Gasteiger partial charge in [0.05, 0.1) is 0 Å². The molecule has 1 heterocycles. The predicted molar refractivity (Wildman–Crippen MR) is 147 cm³/mol. The zero-order valence-corrected chi connectivity index (χ0v) is 22.9. The van der Waals surface area contributed by atoms with Crippen LogP contribution in [0.1, 0.15) is 6.42 Å². The number of benzene rings is 3. The Labute approximate surface area is 202 Å². The van der Waals surface area contributed by atoms with Crippen LogP contribution in [0.2, 0.25) is 0 Å². The van der Waals surface area contributed by atoms with E-state index in [4.69, 9.17) is 4.21 Å². The van der Waals surface area contributed by atoms with E-state index >= 15 is 0 Å². The first-order valence-corrected chi connectivity index (χ1v) is 19.5. The van der Waals surface area contributed by atoms with E-state index < -0.39 is 16.8 Å². The summed E-state index contributed by atoms with van der Waals surface area (Å²) in [6.07, 6.45) is 7.85. The zero-order valence-electron chi connectivity index (χ0n) is 17.9. The summed E-state index contributed by atoms with van der Waals surface area (Å²) in [5.74, 6) is 2.32. The van der Waals surface area contributed by atoms with Gasteiger partial charge in [-0.2, -0.15) is 0 Å². The van der Waals surface area contributed by atoms with Crippen molar-refractivity contribution in [3.63, 3.8) is 0 Å². The Hall–Kier alpha value is -1.75. The van der Waals surface area contributed by atoms with E-state index in [0.29, 0.717) is 8.19 Å². The fourth-order valence-corrected chi connectivity index (χ4v) is 34.8. The number of hydrogen-bond donors (Lipinski definition) is 0. The fraction of sp³-hybridized carbons (Fsp3) is 0.0357. The Morgan fingerprint density at radius 1 is 0.625 bits per heavy atom. The van der Waals surface area contributed by atoms with Crippen LogP contribution in [0.3, 0.4) is 0 Å². The van der Waals surface area contributed by atoms with Crippen molar-refractivity contribution < 1.29 is 16.8 Å². The van der Waals surface area contributed by atoms with Crippen LogP contribution in [0.15, 0.2) is 130 Å². The monoisotopic (exact) mass is 555 g/mol. The molecule has 0 fully saturated rings. The van der Waals surface area contributed by atoms with Crippen LogP contribution >= 0.6 is 33.0 Å². The third-order valence-electron chi connectivity index (χ3n) is 7.63. The summed E-state index contributed by atoms with van der Waals surface area (Å²) in [5, 5.41) is 0. The Kier molecular flexibility index (Phi) is 6.91. The van der Waals surface area contributed by atoms with Gasteiger partial charge in [-0.3, -0.25) is 0 Å². The van der Waals surface area contributed by atoms with Crippen LogP contribution in [-0.4, -0.2) is 4.21 Å². The van der Waals surface area contributed by atoms with Crippen LogP contribution in [0.4, 0.5) is 0 Å². The van der Waals surface area contributed by atoms with E-state index in [2.05, 4.69) is 127 Å². The molecule has 0 saturated heterocycles. The van der Waals surface area contributed by atoms with Crippen molar-refractivity contribution in [2.75, 3.05) is 0 Å².